The van der Waals surface area contributed by atoms with Crippen LogP contribution in [0, 0.1) is 0 Å². The first-order valence-corrected chi connectivity index (χ1v) is 9.55. The summed E-state index contributed by atoms with van der Waals surface area (Å²) < 4.78 is 0. The van der Waals surface area contributed by atoms with E-state index in [4.69, 9.17) is 0 Å². The van der Waals surface area contributed by atoms with Crippen LogP contribution in [0.3, 0.4) is 0 Å². The Morgan fingerprint density at radius 3 is 2.41 bits per heavy atom. The number of aliphatic carboxylic acids is 1. The molecule has 0 fully saturated rings. The van der Waals surface area contributed by atoms with Crippen LogP contribution in [0.5, 0.6) is 0 Å². The van der Waals surface area contributed by atoms with Crippen LogP contribution in [-0.2, 0) is 20.8 Å². The fraction of sp³-hybridized carbons (Fsp3) is 0.261. The predicted octanol–water partition coefficient (Wildman–Crippen LogP) is 3.11. The average Bonchev–Trinajstić information content (AvgIpc) is 2.71. The standard InChI is InChI=1S/C23H24N2O4/c1-17(26)25-14-12-19-9-5-6-10-20(19)21(25)15-22(27)24(16-23(28)29)13-11-18-7-3-2-4-8-18/h2-10,12,14,21H,11,13,15-16H2,1H3,(H,28,29). The van der Waals surface area contributed by atoms with Gasteiger partial charge in [0.05, 0.1) is 12.5 Å². The van der Waals surface area contributed by atoms with E-state index in [0.29, 0.717) is 13.0 Å². The number of rotatable bonds is 7. The molecular weight excluding hydrogens is 368 g/mol. The van der Waals surface area contributed by atoms with Gasteiger partial charge in [0.1, 0.15) is 6.54 Å². The fourth-order valence-corrected chi connectivity index (χ4v) is 3.57. The highest BCUT2D eigenvalue weighted by atomic mass is 16.4. The maximum Gasteiger partial charge on any atom is 0.323 e. The maximum absolute atomic E-state index is 13.0. The smallest absolute Gasteiger partial charge is 0.323 e. The molecule has 0 aliphatic carbocycles. The quantitative estimate of drug-likeness (QED) is 0.785. The third kappa shape index (κ3) is 5.10. The Labute approximate surface area is 170 Å². The monoisotopic (exact) mass is 392 g/mol. The molecule has 6 nitrogen and oxygen atoms in total. The van der Waals surface area contributed by atoms with E-state index in [0.717, 1.165) is 16.7 Å². The Balaban J connectivity index is 1.78. The molecule has 29 heavy (non-hydrogen) atoms. The summed E-state index contributed by atoms with van der Waals surface area (Å²) in [5, 5.41) is 9.26. The normalized spacial score (nSPS) is 14.9. The van der Waals surface area contributed by atoms with Crippen molar-refractivity contribution in [3.63, 3.8) is 0 Å². The van der Waals surface area contributed by atoms with Crippen molar-refractivity contribution in [3.05, 3.63) is 77.5 Å². The van der Waals surface area contributed by atoms with Crippen LogP contribution in [0.4, 0.5) is 0 Å². The molecule has 1 heterocycles. The number of carboxylic acids is 1. The molecule has 0 saturated carbocycles. The summed E-state index contributed by atoms with van der Waals surface area (Å²) in [6.45, 7) is 1.40. The second-order valence-electron chi connectivity index (χ2n) is 7.04. The molecule has 6 heteroatoms. The van der Waals surface area contributed by atoms with Crippen molar-refractivity contribution < 1.29 is 19.5 Å². The lowest BCUT2D eigenvalue weighted by Crippen LogP contribution is -2.40. The Kier molecular flexibility index (Phi) is 6.44. The lowest BCUT2D eigenvalue weighted by Gasteiger charge is -2.33. The van der Waals surface area contributed by atoms with Crippen LogP contribution in [0.1, 0.15) is 36.1 Å². The third-order valence-electron chi connectivity index (χ3n) is 5.03. The predicted molar refractivity (Wildman–Crippen MR) is 110 cm³/mol. The van der Waals surface area contributed by atoms with Gasteiger partial charge in [-0.15, -0.1) is 0 Å². The van der Waals surface area contributed by atoms with Crippen molar-refractivity contribution in [1.82, 2.24) is 9.80 Å². The zero-order valence-corrected chi connectivity index (χ0v) is 16.3. The second kappa shape index (κ2) is 9.19. The number of carbonyl (C=O) groups excluding carboxylic acids is 2. The van der Waals surface area contributed by atoms with Crippen molar-refractivity contribution in [1.29, 1.82) is 0 Å². The zero-order chi connectivity index (χ0) is 20.8. The van der Waals surface area contributed by atoms with E-state index >= 15 is 0 Å². The summed E-state index contributed by atoms with van der Waals surface area (Å²) in [5.41, 5.74) is 2.88. The van der Waals surface area contributed by atoms with E-state index < -0.39 is 12.0 Å². The van der Waals surface area contributed by atoms with Crippen LogP contribution < -0.4 is 0 Å². The molecule has 1 N–H and O–H groups in total. The van der Waals surface area contributed by atoms with Gasteiger partial charge < -0.3 is 14.9 Å². The van der Waals surface area contributed by atoms with Crippen molar-refractivity contribution in [3.8, 4) is 0 Å². The molecule has 0 radical (unpaired) electrons. The van der Waals surface area contributed by atoms with Crippen LogP contribution in [0.15, 0.2) is 60.8 Å². The summed E-state index contributed by atoms with van der Waals surface area (Å²) >= 11 is 0. The second-order valence-corrected chi connectivity index (χ2v) is 7.04. The zero-order valence-electron chi connectivity index (χ0n) is 16.3. The van der Waals surface area contributed by atoms with Gasteiger partial charge in [-0.1, -0.05) is 54.6 Å². The van der Waals surface area contributed by atoms with Crippen molar-refractivity contribution in [2.24, 2.45) is 0 Å². The van der Waals surface area contributed by atoms with E-state index in [-0.39, 0.29) is 24.8 Å². The SMILES string of the molecule is CC(=O)N1C=Cc2ccccc2C1CC(=O)N(CCc1ccccc1)CC(=O)O. The number of carbonyl (C=O) groups is 3. The van der Waals surface area contributed by atoms with E-state index in [1.54, 1.807) is 6.20 Å². The minimum atomic E-state index is -1.06. The number of amides is 2. The Morgan fingerprint density at radius 1 is 1.03 bits per heavy atom. The first-order valence-electron chi connectivity index (χ1n) is 9.55. The molecule has 1 unspecified atom stereocenters. The van der Waals surface area contributed by atoms with Crippen LogP contribution in [0.2, 0.25) is 0 Å². The third-order valence-corrected chi connectivity index (χ3v) is 5.03. The molecular formula is C23H24N2O4. The van der Waals surface area contributed by atoms with Crippen LogP contribution in [-0.4, -0.2) is 45.8 Å². The summed E-state index contributed by atoms with van der Waals surface area (Å²) in [6, 6.07) is 16.8. The summed E-state index contributed by atoms with van der Waals surface area (Å²) in [4.78, 5) is 39.4. The van der Waals surface area contributed by atoms with Gasteiger partial charge >= 0.3 is 5.97 Å². The highest BCUT2D eigenvalue weighted by Crippen LogP contribution is 2.33. The van der Waals surface area contributed by atoms with Gasteiger partial charge in [-0.2, -0.15) is 0 Å². The first kappa shape index (κ1) is 20.3. The fourth-order valence-electron chi connectivity index (χ4n) is 3.57. The molecule has 2 aromatic rings. The number of carboxylic acid groups (broad SMARTS) is 1. The Bertz CT molecular complexity index is 923. The molecule has 0 aromatic heterocycles. The number of benzene rings is 2. The van der Waals surface area contributed by atoms with Gasteiger partial charge in [-0.25, -0.2) is 0 Å². The lowest BCUT2D eigenvalue weighted by atomic mass is 9.93. The minimum absolute atomic E-state index is 0.0308. The Hall–Kier alpha value is -3.41. The molecule has 150 valence electrons. The van der Waals surface area contributed by atoms with Crippen LogP contribution in [0.25, 0.3) is 6.08 Å². The molecule has 0 bridgehead atoms. The van der Waals surface area contributed by atoms with Gasteiger partial charge in [0, 0.05) is 19.7 Å². The lowest BCUT2D eigenvalue weighted by molar-refractivity contribution is -0.145. The van der Waals surface area contributed by atoms with Gasteiger partial charge in [-0.3, -0.25) is 14.4 Å². The number of hydrogen-bond acceptors (Lipinski definition) is 3. The first-order chi connectivity index (χ1) is 14.0. The minimum Gasteiger partial charge on any atom is -0.480 e. The Morgan fingerprint density at radius 2 is 1.72 bits per heavy atom. The van der Waals surface area contributed by atoms with E-state index in [9.17, 15) is 19.5 Å². The van der Waals surface area contributed by atoms with Gasteiger partial charge in [0.15, 0.2) is 0 Å². The number of nitrogens with zero attached hydrogens (tertiary/aromatic N) is 2. The van der Waals surface area contributed by atoms with Crippen molar-refractivity contribution in [2.45, 2.75) is 25.8 Å². The molecule has 0 saturated heterocycles. The highest BCUT2D eigenvalue weighted by molar-refractivity contribution is 5.84. The van der Waals surface area contributed by atoms with Gasteiger partial charge in [0.2, 0.25) is 11.8 Å². The average molecular weight is 392 g/mol. The van der Waals surface area contributed by atoms with E-state index in [1.807, 2.05) is 60.7 Å². The van der Waals surface area contributed by atoms with E-state index in [2.05, 4.69) is 0 Å². The molecule has 2 aromatic carbocycles. The highest BCUT2D eigenvalue weighted by Gasteiger charge is 2.30. The molecule has 1 aliphatic rings. The van der Waals surface area contributed by atoms with Crippen molar-refractivity contribution in [2.75, 3.05) is 13.1 Å². The summed E-state index contributed by atoms with van der Waals surface area (Å²) in [6.07, 6.45) is 4.14. The van der Waals surface area contributed by atoms with Crippen molar-refractivity contribution >= 4 is 23.9 Å². The maximum atomic E-state index is 13.0. The van der Waals surface area contributed by atoms with E-state index in [1.165, 1.54) is 16.7 Å². The summed E-state index contributed by atoms with van der Waals surface area (Å²) in [5.74, 6) is -1.51. The topological polar surface area (TPSA) is 77.9 Å². The molecule has 2 amide bonds. The molecule has 0 spiro atoms. The number of fused-ring (bicyclic) bond motifs is 1. The van der Waals surface area contributed by atoms with Gasteiger partial charge in [-0.05, 0) is 29.2 Å². The molecule has 3 rings (SSSR count). The molecule has 1 atom stereocenters. The van der Waals surface area contributed by atoms with Crippen LogP contribution >= 0.6 is 0 Å². The summed E-state index contributed by atoms with van der Waals surface area (Å²) in [7, 11) is 0. The molecule has 1 aliphatic heterocycles. The largest absolute Gasteiger partial charge is 0.480 e. The number of hydrogen-bond donors (Lipinski definition) is 1. The van der Waals surface area contributed by atoms with Gasteiger partial charge in [0.25, 0.3) is 0 Å².